The first kappa shape index (κ1) is 16.4. The lowest BCUT2D eigenvalue weighted by atomic mass is 10.1. The molecule has 0 bridgehead atoms. The van der Waals surface area contributed by atoms with Gasteiger partial charge in [0.1, 0.15) is 0 Å². The van der Waals surface area contributed by atoms with Crippen LogP contribution < -0.4 is 0 Å². The second-order valence-electron chi connectivity index (χ2n) is 6.62. The smallest absolute Gasteiger partial charge is 0.231 e. The summed E-state index contributed by atoms with van der Waals surface area (Å²) in [7, 11) is 0. The van der Waals surface area contributed by atoms with Crippen molar-refractivity contribution in [2.45, 2.75) is 25.7 Å². The summed E-state index contributed by atoms with van der Waals surface area (Å²) in [5, 5.41) is 4.06. The van der Waals surface area contributed by atoms with E-state index in [0.29, 0.717) is 24.7 Å². The molecule has 26 heavy (non-hydrogen) atoms. The molecule has 3 aromatic rings. The summed E-state index contributed by atoms with van der Waals surface area (Å²) in [6.07, 6.45) is 4.68. The van der Waals surface area contributed by atoms with Crippen LogP contribution in [0.25, 0.3) is 11.4 Å². The predicted octanol–water partition coefficient (Wildman–Crippen LogP) is 3.00. The molecule has 0 radical (unpaired) electrons. The molecule has 1 fully saturated rings. The topological polar surface area (TPSA) is 72.1 Å². The lowest BCUT2D eigenvalue weighted by molar-refractivity contribution is -0.129. The number of aryl methyl sites for hydroxylation is 1. The van der Waals surface area contributed by atoms with E-state index in [4.69, 9.17) is 4.52 Å². The van der Waals surface area contributed by atoms with Crippen LogP contribution in [0.4, 0.5) is 0 Å². The number of nitrogens with zero attached hydrogens (tertiary/aromatic N) is 4. The molecule has 1 atom stereocenters. The standard InChI is InChI=1S/C20H20N4O2/c1-14-4-2-3-5-16(14)12-18(25)24-11-8-17(13-24)20-22-19(23-26-20)15-6-9-21-10-7-15/h2-7,9-10,17H,8,11-13H2,1H3/t17-/m1/s1. The Morgan fingerprint density at radius 3 is 2.85 bits per heavy atom. The summed E-state index contributed by atoms with van der Waals surface area (Å²) in [5.41, 5.74) is 3.11. The van der Waals surface area contributed by atoms with Crippen LogP contribution in [-0.2, 0) is 11.2 Å². The molecule has 0 aliphatic carbocycles. The average Bonchev–Trinajstić information content (AvgIpc) is 3.34. The van der Waals surface area contributed by atoms with E-state index in [2.05, 4.69) is 15.1 Å². The van der Waals surface area contributed by atoms with Crippen molar-refractivity contribution in [2.75, 3.05) is 13.1 Å². The third kappa shape index (κ3) is 3.35. The minimum absolute atomic E-state index is 0.0962. The molecule has 6 heteroatoms. The maximum atomic E-state index is 12.6. The fraction of sp³-hybridized carbons (Fsp3) is 0.300. The fourth-order valence-electron chi connectivity index (χ4n) is 3.29. The van der Waals surface area contributed by atoms with E-state index in [0.717, 1.165) is 29.7 Å². The van der Waals surface area contributed by atoms with E-state index in [1.165, 1.54) is 0 Å². The third-order valence-electron chi connectivity index (χ3n) is 4.87. The van der Waals surface area contributed by atoms with Gasteiger partial charge >= 0.3 is 0 Å². The van der Waals surface area contributed by atoms with Gasteiger partial charge in [0.25, 0.3) is 0 Å². The Balaban J connectivity index is 1.42. The van der Waals surface area contributed by atoms with Gasteiger partial charge in [0.15, 0.2) is 0 Å². The number of amides is 1. The predicted molar refractivity (Wildman–Crippen MR) is 96.4 cm³/mol. The lowest BCUT2D eigenvalue weighted by Crippen LogP contribution is -2.30. The van der Waals surface area contributed by atoms with Gasteiger partial charge in [-0.1, -0.05) is 29.4 Å². The highest BCUT2D eigenvalue weighted by Gasteiger charge is 2.31. The lowest BCUT2D eigenvalue weighted by Gasteiger charge is -2.16. The first-order valence-electron chi connectivity index (χ1n) is 8.77. The number of hydrogen-bond donors (Lipinski definition) is 0. The quantitative estimate of drug-likeness (QED) is 0.725. The van der Waals surface area contributed by atoms with Crippen LogP contribution in [-0.4, -0.2) is 39.0 Å². The van der Waals surface area contributed by atoms with E-state index in [-0.39, 0.29) is 11.8 Å². The maximum Gasteiger partial charge on any atom is 0.231 e. The average molecular weight is 348 g/mol. The second-order valence-corrected chi connectivity index (χ2v) is 6.62. The Labute approximate surface area is 151 Å². The first-order chi connectivity index (χ1) is 12.7. The molecule has 1 aliphatic heterocycles. The van der Waals surface area contributed by atoms with Crippen molar-refractivity contribution < 1.29 is 9.32 Å². The Morgan fingerprint density at radius 2 is 2.04 bits per heavy atom. The summed E-state index contributed by atoms with van der Waals surface area (Å²) >= 11 is 0. The van der Waals surface area contributed by atoms with E-state index in [1.54, 1.807) is 12.4 Å². The highest BCUT2D eigenvalue weighted by atomic mass is 16.5. The number of benzene rings is 1. The Kier molecular flexibility index (Phi) is 4.48. The van der Waals surface area contributed by atoms with E-state index >= 15 is 0 Å². The van der Waals surface area contributed by atoms with Gasteiger partial charge < -0.3 is 9.42 Å². The van der Waals surface area contributed by atoms with Crippen LogP contribution in [0.2, 0.25) is 0 Å². The van der Waals surface area contributed by atoms with Gasteiger partial charge in [0.2, 0.25) is 17.6 Å². The number of aromatic nitrogens is 3. The van der Waals surface area contributed by atoms with Gasteiger partial charge in [-0.2, -0.15) is 4.98 Å². The van der Waals surface area contributed by atoms with Crippen LogP contribution in [0.3, 0.4) is 0 Å². The van der Waals surface area contributed by atoms with Crippen molar-refractivity contribution in [3.05, 3.63) is 65.8 Å². The Bertz CT molecular complexity index is 907. The molecule has 1 amide bonds. The zero-order chi connectivity index (χ0) is 17.9. The van der Waals surface area contributed by atoms with Crippen molar-refractivity contribution in [2.24, 2.45) is 0 Å². The summed E-state index contributed by atoms with van der Waals surface area (Å²) in [6.45, 7) is 3.39. The first-order valence-corrected chi connectivity index (χ1v) is 8.77. The summed E-state index contributed by atoms with van der Waals surface area (Å²) in [4.78, 5) is 23.0. The second kappa shape index (κ2) is 7.07. The summed E-state index contributed by atoms with van der Waals surface area (Å²) < 4.78 is 5.45. The van der Waals surface area contributed by atoms with Crippen LogP contribution in [0, 0.1) is 6.92 Å². The third-order valence-corrected chi connectivity index (χ3v) is 4.87. The maximum absolute atomic E-state index is 12.6. The molecule has 6 nitrogen and oxygen atoms in total. The number of likely N-dealkylation sites (tertiary alicyclic amines) is 1. The summed E-state index contributed by atoms with van der Waals surface area (Å²) in [6, 6.07) is 11.7. The zero-order valence-corrected chi connectivity index (χ0v) is 14.6. The van der Waals surface area contributed by atoms with Crippen LogP contribution >= 0.6 is 0 Å². The molecule has 0 saturated carbocycles. The molecule has 1 aromatic carbocycles. The van der Waals surface area contributed by atoms with Crippen molar-refractivity contribution in [1.82, 2.24) is 20.0 Å². The summed E-state index contributed by atoms with van der Waals surface area (Å²) in [5.74, 6) is 1.41. The molecule has 0 spiro atoms. The molecular formula is C20H20N4O2. The van der Waals surface area contributed by atoms with Gasteiger partial charge in [0, 0.05) is 31.0 Å². The monoisotopic (exact) mass is 348 g/mol. The molecule has 1 saturated heterocycles. The molecule has 1 aliphatic rings. The SMILES string of the molecule is Cc1ccccc1CC(=O)N1CC[C@@H](c2nc(-c3ccncc3)no2)C1. The highest BCUT2D eigenvalue weighted by molar-refractivity contribution is 5.79. The van der Waals surface area contributed by atoms with Crippen molar-refractivity contribution in [1.29, 1.82) is 0 Å². The minimum atomic E-state index is 0.0962. The molecule has 132 valence electrons. The Hall–Kier alpha value is -3.02. The van der Waals surface area contributed by atoms with Gasteiger partial charge in [-0.3, -0.25) is 9.78 Å². The van der Waals surface area contributed by atoms with Crippen LogP contribution in [0.5, 0.6) is 0 Å². The number of carbonyl (C=O) groups is 1. The van der Waals surface area contributed by atoms with Crippen molar-refractivity contribution in [3.8, 4) is 11.4 Å². The molecule has 4 rings (SSSR count). The number of carbonyl (C=O) groups excluding carboxylic acids is 1. The normalized spacial score (nSPS) is 16.8. The van der Waals surface area contributed by atoms with Gasteiger partial charge in [-0.25, -0.2) is 0 Å². The largest absolute Gasteiger partial charge is 0.342 e. The van der Waals surface area contributed by atoms with E-state index in [1.807, 2.05) is 48.2 Å². The molecule has 2 aromatic heterocycles. The molecule has 3 heterocycles. The zero-order valence-electron chi connectivity index (χ0n) is 14.6. The van der Waals surface area contributed by atoms with E-state index < -0.39 is 0 Å². The van der Waals surface area contributed by atoms with Gasteiger partial charge in [0.05, 0.1) is 12.3 Å². The number of pyridine rings is 1. The molecular weight excluding hydrogens is 328 g/mol. The van der Waals surface area contributed by atoms with Crippen LogP contribution in [0.1, 0.15) is 29.4 Å². The van der Waals surface area contributed by atoms with E-state index in [9.17, 15) is 4.79 Å². The van der Waals surface area contributed by atoms with Crippen molar-refractivity contribution >= 4 is 5.91 Å². The molecule has 0 unspecified atom stereocenters. The highest BCUT2D eigenvalue weighted by Crippen LogP contribution is 2.28. The van der Waals surface area contributed by atoms with Crippen LogP contribution in [0.15, 0.2) is 53.3 Å². The van der Waals surface area contributed by atoms with Crippen molar-refractivity contribution in [3.63, 3.8) is 0 Å². The Morgan fingerprint density at radius 1 is 1.23 bits per heavy atom. The minimum Gasteiger partial charge on any atom is -0.342 e. The number of hydrogen-bond acceptors (Lipinski definition) is 5. The van der Waals surface area contributed by atoms with Gasteiger partial charge in [-0.05, 0) is 36.6 Å². The molecule has 0 N–H and O–H groups in total. The number of rotatable bonds is 4. The van der Waals surface area contributed by atoms with Gasteiger partial charge in [-0.15, -0.1) is 0 Å². The fourth-order valence-corrected chi connectivity index (χ4v) is 3.29.